The van der Waals surface area contributed by atoms with Crippen LogP contribution in [0.3, 0.4) is 0 Å². The van der Waals surface area contributed by atoms with Crippen LogP contribution in [0.4, 0.5) is 0 Å². The lowest BCUT2D eigenvalue weighted by atomic mass is 10.3. The molecule has 0 aliphatic heterocycles. The summed E-state index contributed by atoms with van der Waals surface area (Å²) in [5.41, 5.74) is 0.992. The van der Waals surface area contributed by atoms with Crippen LogP contribution in [0.1, 0.15) is 26.0 Å². The molecule has 0 saturated heterocycles. The molecule has 0 spiro atoms. The van der Waals surface area contributed by atoms with Crippen LogP contribution < -0.4 is 10.6 Å². The molecule has 1 amide bonds. The minimum atomic E-state index is 0.0866. The molecule has 0 saturated carbocycles. The zero-order valence-electron chi connectivity index (χ0n) is 10.2. The molecule has 16 heavy (non-hydrogen) atoms. The van der Waals surface area contributed by atoms with Crippen molar-refractivity contribution in [2.24, 2.45) is 7.05 Å². The number of nitrogens with one attached hydrogen (secondary N) is 2. The molecule has 2 N–H and O–H groups in total. The number of aryl methyl sites for hydroxylation is 1. The molecule has 1 aromatic heterocycles. The molecule has 90 valence electrons. The van der Waals surface area contributed by atoms with Gasteiger partial charge < -0.3 is 10.6 Å². The number of aromatic nitrogens is 2. The van der Waals surface area contributed by atoms with E-state index in [0.29, 0.717) is 19.5 Å². The minimum absolute atomic E-state index is 0.0866. The van der Waals surface area contributed by atoms with Gasteiger partial charge in [0.2, 0.25) is 5.91 Å². The van der Waals surface area contributed by atoms with Gasteiger partial charge in [0, 0.05) is 38.8 Å². The van der Waals surface area contributed by atoms with E-state index in [0.717, 1.165) is 5.69 Å². The Hall–Kier alpha value is -1.36. The lowest BCUT2D eigenvalue weighted by Crippen LogP contribution is -2.32. The SMILES string of the molecule is CC(C)NC(=O)CCNCc1ccn(C)n1. The Morgan fingerprint density at radius 2 is 2.31 bits per heavy atom. The van der Waals surface area contributed by atoms with Crippen molar-refractivity contribution >= 4 is 5.91 Å². The van der Waals surface area contributed by atoms with Crippen molar-refractivity contribution in [2.45, 2.75) is 32.9 Å². The number of carbonyl (C=O) groups is 1. The first-order chi connectivity index (χ1) is 7.58. The van der Waals surface area contributed by atoms with E-state index in [1.807, 2.05) is 33.2 Å². The molecule has 0 atom stereocenters. The van der Waals surface area contributed by atoms with E-state index < -0.39 is 0 Å². The second-order valence-electron chi connectivity index (χ2n) is 4.13. The van der Waals surface area contributed by atoms with E-state index in [-0.39, 0.29) is 11.9 Å². The van der Waals surface area contributed by atoms with Gasteiger partial charge >= 0.3 is 0 Å². The number of hydrogen-bond donors (Lipinski definition) is 2. The maximum atomic E-state index is 11.3. The number of hydrogen-bond acceptors (Lipinski definition) is 3. The zero-order valence-corrected chi connectivity index (χ0v) is 10.2. The first kappa shape index (κ1) is 12.7. The Morgan fingerprint density at radius 3 is 2.88 bits per heavy atom. The Morgan fingerprint density at radius 1 is 1.56 bits per heavy atom. The summed E-state index contributed by atoms with van der Waals surface area (Å²) in [5.74, 6) is 0.0866. The zero-order chi connectivity index (χ0) is 12.0. The van der Waals surface area contributed by atoms with Gasteiger partial charge in [-0.05, 0) is 19.9 Å². The molecule has 5 heteroatoms. The molecule has 0 unspecified atom stereocenters. The fraction of sp³-hybridized carbons (Fsp3) is 0.636. The standard InChI is InChI=1S/C11H20N4O/c1-9(2)13-11(16)4-6-12-8-10-5-7-15(3)14-10/h5,7,9,12H,4,6,8H2,1-3H3,(H,13,16). The molecule has 5 nitrogen and oxygen atoms in total. The van der Waals surface area contributed by atoms with E-state index >= 15 is 0 Å². The number of amides is 1. The van der Waals surface area contributed by atoms with Gasteiger partial charge in [0.1, 0.15) is 0 Å². The fourth-order valence-corrected chi connectivity index (χ4v) is 1.37. The Kier molecular flexibility index (Phi) is 4.98. The number of carbonyl (C=O) groups excluding carboxylic acids is 1. The highest BCUT2D eigenvalue weighted by Crippen LogP contribution is 1.92. The van der Waals surface area contributed by atoms with Gasteiger partial charge in [-0.2, -0.15) is 5.10 Å². The highest BCUT2D eigenvalue weighted by Gasteiger charge is 2.02. The molecule has 1 heterocycles. The Balaban J connectivity index is 2.10. The maximum absolute atomic E-state index is 11.3. The average molecular weight is 224 g/mol. The fourth-order valence-electron chi connectivity index (χ4n) is 1.37. The van der Waals surface area contributed by atoms with E-state index in [2.05, 4.69) is 15.7 Å². The first-order valence-corrected chi connectivity index (χ1v) is 5.56. The maximum Gasteiger partial charge on any atom is 0.221 e. The van der Waals surface area contributed by atoms with Crippen molar-refractivity contribution in [3.05, 3.63) is 18.0 Å². The van der Waals surface area contributed by atoms with Crippen LogP contribution in [0.25, 0.3) is 0 Å². The third kappa shape index (κ3) is 4.93. The van der Waals surface area contributed by atoms with E-state index in [1.165, 1.54) is 0 Å². The van der Waals surface area contributed by atoms with Crippen LogP contribution in [0, 0.1) is 0 Å². The van der Waals surface area contributed by atoms with Crippen molar-refractivity contribution in [3.63, 3.8) is 0 Å². The smallest absolute Gasteiger partial charge is 0.221 e. The average Bonchev–Trinajstić information content (AvgIpc) is 2.58. The molecule has 1 rings (SSSR count). The van der Waals surface area contributed by atoms with Gasteiger partial charge in [0.05, 0.1) is 5.69 Å². The molecule has 0 aromatic carbocycles. The van der Waals surface area contributed by atoms with Crippen LogP contribution in [0.2, 0.25) is 0 Å². The molecular formula is C11H20N4O. The molecule has 1 aromatic rings. The van der Waals surface area contributed by atoms with E-state index in [1.54, 1.807) is 4.68 Å². The highest BCUT2D eigenvalue weighted by molar-refractivity contribution is 5.76. The predicted molar refractivity (Wildman–Crippen MR) is 62.8 cm³/mol. The van der Waals surface area contributed by atoms with Crippen molar-refractivity contribution < 1.29 is 4.79 Å². The summed E-state index contributed by atoms with van der Waals surface area (Å²) in [6.45, 7) is 5.30. The minimum Gasteiger partial charge on any atom is -0.354 e. The number of nitrogens with zero attached hydrogens (tertiary/aromatic N) is 2. The van der Waals surface area contributed by atoms with Gasteiger partial charge in [-0.3, -0.25) is 9.48 Å². The van der Waals surface area contributed by atoms with Crippen LogP contribution >= 0.6 is 0 Å². The van der Waals surface area contributed by atoms with Crippen molar-refractivity contribution in [1.29, 1.82) is 0 Å². The first-order valence-electron chi connectivity index (χ1n) is 5.56. The summed E-state index contributed by atoms with van der Waals surface area (Å²) in [4.78, 5) is 11.3. The third-order valence-electron chi connectivity index (χ3n) is 2.05. The second-order valence-corrected chi connectivity index (χ2v) is 4.13. The second kappa shape index (κ2) is 6.27. The molecule has 0 bridgehead atoms. The monoisotopic (exact) mass is 224 g/mol. The van der Waals surface area contributed by atoms with Crippen LogP contribution in [-0.2, 0) is 18.4 Å². The quantitative estimate of drug-likeness (QED) is 0.689. The Bertz CT molecular complexity index is 332. The van der Waals surface area contributed by atoms with Gasteiger partial charge in [-0.25, -0.2) is 0 Å². The van der Waals surface area contributed by atoms with Crippen LogP contribution in [-0.4, -0.2) is 28.3 Å². The topological polar surface area (TPSA) is 59.0 Å². The molecule has 0 aliphatic carbocycles. The molecule has 0 radical (unpaired) electrons. The predicted octanol–water partition coefficient (Wildman–Crippen LogP) is 0.424. The lowest BCUT2D eigenvalue weighted by Gasteiger charge is -2.08. The summed E-state index contributed by atoms with van der Waals surface area (Å²) < 4.78 is 1.77. The van der Waals surface area contributed by atoms with Crippen molar-refractivity contribution in [1.82, 2.24) is 20.4 Å². The summed E-state index contributed by atoms with van der Waals surface area (Å²) in [7, 11) is 1.89. The van der Waals surface area contributed by atoms with E-state index in [9.17, 15) is 4.79 Å². The van der Waals surface area contributed by atoms with Crippen molar-refractivity contribution in [2.75, 3.05) is 6.54 Å². The van der Waals surface area contributed by atoms with Gasteiger partial charge in [-0.1, -0.05) is 0 Å². The third-order valence-corrected chi connectivity index (χ3v) is 2.05. The molecular weight excluding hydrogens is 204 g/mol. The van der Waals surface area contributed by atoms with Gasteiger partial charge in [0.25, 0.3) is 0 Å². The number of rotatable bonds is 6. The lowest BCUT2D eigenvalue weighted by molar-refractivity contribution is -0.121. The summed E-state index contributed by atoms with van der Waals surface area (Å²) in [6.07, 6.45) is 2.41. The van der Waals surface area contributed by atoms with Crippen molar-refractivity contribution in [3.8, 4) is 0 Å². The highest BCUT2D eigenvalue weighted by atomic mass is 16.1. The van der Waals surface area contributed by atoms with Crippen LogP contribution in [0.15, 0.2) is 12.3 Å². The van der Waals surface area contributed by atoms with Gasteiger partial charge in [0.15, 0.2) is 0 Å². The van der Waals surface area contributed by atoms with Crippen LogP contribution in [0.5, 0.6) is 0 Å². The van der Waals surface area contributed by atoms with E-state index in [4.69, 9.17) is 0 Å². The summed E-state index contributed by atoms with van der Waals surface area (Å²) in [5, 5.41) is 10.3. The van der Waals surface area contributed by atoms with Gasteiger partial charge in [-0.15, -0.1) is 0 Å². The summed E-state index contributed by atoms with van der Waals surface area (Å²) in [6, 6.07) is 2.17. The normalized spacial score (nSPS) is 10.8. The molecule has 0 fully saturated rings. The summed E-state index contributed by atoms with van der Waals surface area (Å²) >= 11 is 0. The largest absolute Gasteiger partial charge is 0.354 e. The molecule has 0 aliphatic rings. The Labute approximate surface area is 96.2 Å².